The largest absolute Gasteiger partial charge is 0.266 e. The third-order valence-electron chi connectivity index (χ3n) is 5.32. The van der Waals surface area contributed by atoms with E-state index in [1.165, 1.54) is 35.2 Å². The standard InChI is InChI=1S/C27H27F3/c1-3-6-20-10-15-22(16-11-20)23-17-12-21(13-18-23)7-4-5-8-24-14-9-19(2)25(26(24)28)27(29)30/h5,8-18,27H,3-4,6-7H2,1-2H3. The van der Waals surface area contributed by atoms with Crippen LogP contribution in [0.15, 0.2) is 66.7 Å². The van der Waals surface area contributed by atoms with Crippen LogP contribution in [0.3, 0.4) is 0 Å². The maximum absolute atomic E-state index is 14.3. The Hall–Kier alpha value is -2.81. The maximum Gasteiger partial charge on any atom is 0.266 e. The molecule has 0 bridgehead atoms. The lowest BCUT2D eigenvalue weighted by atomic mass is 10.00. The first-order valence-electron chi connectivity index (χ1n) is 10.4. The van der Waals surface area contributed by atoms with E-state index in [2.05, 4.69) is 55.5 Å². The average molecular weight is 409 g/mol. The molecule has 3 aromatic rings. The molecule has 3 aromatic carbocycles. The predicted octanol–water partition coefficient (Wildman–Crippen LogP) is 8.34. The van der Waals surface area contributed by atoms with Gasteiger partial charge in [0.1, 0.15) is 5.82 Å². The smallest absolute Gasteiger partial charge is 0.206 e. The molecule has 0 spiro atoms. The molecule has 0 atom stereocenters. The molecule has 156 valence electrons. The summed E-state index contributed by atoms with van der Waals surface area (Å²) in [6, 6.07) is 20.2. The van der Waals surface area contributed by atoms with Crippen LogP contribution in [0.2, 0.25) is 0 Å². The van der Waals surface area contributed by atoms with Gasteiger partial charge < -0.3 is 0 Å². The summed E-state index contributed by atoms with van der Waals surface area (Å²) < 4.78 is 40.3. The Morgan fingerprint density at radius 1 is 0.800 bits per heavy atom. The second-order valence-electron chi connectivity index (χ2n) is 7.58. The normalized spacial score (nSPS) is 11.5. The predicted molar refractivity (Wildman–Crippen MR) is 119 cm³/mol. The number of allylic oxidation sites excluding steroid dienone is 1. The quantitative estimate of drug-likeness (QED) is 0.351. The van der Waals surface area contributed by atoms with Crippen LogP contribution in [0.4, 0.5) is 13.2 Å². The topological polar surface area (TPSA) is 0 Å². The van der Waals surface area contributed by atoms with E-state index in [9.17, 15) is 13.2 Å². The molecule has 0 radical (unpaired) electrons. The van der Waals surface area contributed by atoms with Crippen LogP contribution in [0.1, 0.15) is 54.0 Å². The molecule has 0 fully saturated rings. The van der Waals surface area contributed by atoms with Gasteiger partial charge in [-0.25, -0.2) is 13.2 Å². The van der Waals surface area contributed by atoms with E-state index >= 15 is 0 Å². The van der Waals surface area contributed by atoms with Crippen molar-refractivity contribution in [1.82, 2.24) is 0 Å². The molecule has 0 aliphatic carbocycles. The SMILES string of the molecule is CCCc1ccc(-c2ccc(CCC=Cc3ccc(C)c(C(F)F)c3F)cc2)cc1. The summed E-state index contributed by atoms with van der Waals surface area (Å²) in [4.78, 5) is 0. The van der Waals surface area contributed by atoms with Gasteiger partial charge in [0.15, 0.2) is 0 Å². The summed E-state index contributed by atoms with van der Waals surface area (Å²) in [5.41, 5.74) is 4.90. The zero-order chi connectivity index (χ0) is 21.5. The molecule has 3 rings (SSSR count). The summed E-state index contributed by atoms with van der Waals surface area (Å²) >= 11 is 0. The van der Waals surface area contributed by atoms with E-state index in [0.29, 0.717) is 6.42 Å². The fraction of sp³-hybridized carbons (Fsp3) is 0.259. The Bertz CT molecular complexity index is 984. The molecule has 0 unspecified atom stereocenters. The highest BCUT2D eigenvalue weighted by Crippen LogP contribution is 2.28. The third-order valence-corrected chi connectivity index (χ3v) is 5.32. The molecular weight excluding hydrogens is 381 g/mol. The van der Waals surface area contributed by atoms with Crippen molar-refractivity contribution in [2.24, 2.45) is 0 Å². The number of aryl methyl sites for hydroxylation is 3. The lowest BCUT2D eigenvalue weighted by Crippen LogP contribution is -1.97. The molecule has 3 heteroatoms. The van der Waals surface area contributed by atoms with Gasteiger partial charge >= 0.3 is 0 Å². The minimum Gasteiger partial charge on any atom is -0.206 e. The average Bonchev–Trinajstić information content (AvgIpc) is 2.74. The second kappa shape index (κ2) is 10.3. The van der Waals surface area contributed by atoms with Crippen LogP contribution < -0.4 is 0 Å². The van der Waals surface area contributed by atoms with E-state index in [-0.39, 0.29) is 11.1 Å². The van der Waals surface area contributed by atoms with E-state index in [4.69, 9.17) is 0 Å². The van der Waals surface area contributed by atoms with Gasteiger partial charge in [-0.3, -0.25) is 0 Å². The molecule has 0 aliphatic rings. The monoisotopic (exact) mass is 408 g/mol. The fourth-order valence-electron chi connectivity index (χ4n) is 3.58. The molecular formula is C27H27F3. The van der Waals surface area contributed by atoms with Gasteiger partial charge in [0.25, 0.3) is 6.43 Å². The fourth-order valence-corrected chi connectivity index (χ4v) is 3.58. The van der Waals surface area contributed by atoms with Crippen molar-refractivity contribution < 1.29 is 13.2 Å². The van der Waals surface area contributed by atoms with E-state index < -0.39 is 17.8 Å². The molecule has 0 N–H and O–H groups in total. The summed E-state index contributed by atoms with van der Waals surface area (Å²) in [6.07, 6.45) is 4.38. The van der Waals surface area contributed by atoms with Gasteiger partial charge in [-0.1, -0.05) is 86.2 Å². The van der Waals surface area contributed by atoms with Gasteiger partial charge in [-0.05, 0) is 54.0 Å². The zero-order valence-electron chi connectivity index (χ0n) is 17.5. The van der Waals surface area contributed by atoms with Crippen molar-refractivity contribution in [3.63, 3.8) is 0 Å². The molecule has 0 saturated heterocycles. The van der Waals surface area contributed by atoms with Gasteiger partial charge in [0.05, 0.1) is 5.56 Å². The third kappa shape index (κ3) is 5.41. The van der Waals surface area contributed by atoms with Crippen LogP contribution in [-0.2, 0) is 12.8 Å². The number of hydrogen-bond donors (Lipinski definition) is 0. The number of benzene rings is 3. The molecule has 0 amide bonds. The van der Waals surface area contributed by atoms with Crippen molar-refractivity contribution in [1.29, 1.82) is 0 Å². The number of alkyl halides is 2. The first-order valence-corrected chi connectivity index (χ1v) is 10.4. The van der Waals surface area contributed by atoms with Crippen molar-refractivity contribution in [2.45, 2.75) is 46.0 Å². The number of halogens is 3. The van der Waals surface area contributed by atoms with Crippen LogP contribution >= 0.6 is 0 Å². The van der Waals surface area contributed by atoms with Crippen LogP contribution in [-0.4, -0.2) is 0 Å². The molecule has 30 heavy (non-hydrogen) atoms. The lowest BCUT2D eigenvalue weighted by Gasteiger charge is -2.08. The van der Waals surface area contributed by atoms with E-state index in [1.807, 2.05) is 6.08 Å². The molecule has 0 aromatic heterocycles. The zero-order valence-corrected chi connectivity index (χ0v) is 17.5. The number of hydrogen-bond acceptors (Lipinski definition) is 0. The molecule has 0 heterocycles. The van der Waals surface area contributed by atoms with Crippen LogP contribution in [0, 0.1) is 12.7 Å². The minimum absolute atomic E-state index is 0.206. The second-order valence-corrected chi connectivity index (χ2v) is 7.58. The van der Waals surface area contributed by atoms with E-state index in [1.54, 1.807) is 12.1 Å². The lowest BCUT2D eigenvalue weighted by molar-refractivity contribution is 0.145. The molecule has 0 aliphatic heterocycles. The first kappa shape index (κ1) is 21.9. The Balaban J connectivity index is 1.60. The Morgan fingerprint density at radius 3 is 1.90 bits per heavy atom. The van der Waals surface area contributed by atoms with Crippen molar-refractivity contribution in [2.75, 3.05) is 0 Å². The Kier molecular flexibility index (Phi) is 7.51. The minimum atomic E-state index is -2.81. The summed E-state index contributed by atoms with van der Waals surface area (Å²) in [5.74, 6) is -0.824. The van der Waals surface area contributed by atoms with Crippen molar-refractivity contribution in [3.8, 4) is 11.1 Å². The number of rotatable bonds is 8. The Labute approximate surface area is 177 Å². The highest BCUT2D eigenvalue weighted by molar-refractivity contribution is 5.64. The van der Waals surface area contributed by atoms with Crippen molar-refractivity contribution >= 4 is 6.08 Å². The van der Waals surface area contributed by atoms with E-state index in [0.717, 1.165) is 19.3 Å². The van der Waals surface area contributed by atoms with Crippen LogP contribution in [0.25, 0.3) is 17.2 Å². The van der Waals surface area contributed by atoms with Gasteiger partial charge in [0, 0.05) is 5.56 Å². The van der Waals surface area contributed by atoms with Gasteiger partial charge in [-0.15, -0.1) is 0 Å². The highest BCUT2D eigenvalue weighted by atomic mass is 19.3. The summed E-state index contributed by atoms with van der Waals surface area (Å²) in [6.45, 7) is 3.68. The van der Waals surface area contributed by atoms with Gasteiger partial charge in [0.2, 0.25) is 0 Å². The van der Waals surface area contributed by atoms with Gasteiger partial charge in [-0.2, -0.15) is 0 Å². The molecule has 0 nitrogen and oxygen atoms in total. The first-order chi connectivity index (χ1) is 14.5. The maximum atomic E-state index is 14.3. The molecule has 0 saturated carbocycles. The summed E-state index contributed by atoms with van der Waals surface area (Å²) in [7, 11) is 0. The van der Waals surface area contributed by atoms with Crippen LogP contribution in [0.5, 0.6) is 0 Å². The Morgan fingerprint density at radius 2 is 1.37 bits per heavy atom. The summed E-state index contributed by atoms with van der Waals surface area (Å²) in [5, 5.41) is 0. The van der Waals surface area contributed by atoms with Crippen molar-refractivity contribution in [3.05, 3.63) is 100 Å². The highest BCUT2D eigenvalue weighted by Gasteiger charge is 2.18.